The van der Waals surface area contributed by atoms with Gasteiger partial charge >= 0.3 is 0 Å². The molecule has 6 heteroatoms. The number of carbonyl (C=O) groups excluding carboxylic acids is 2. The first-order valence-corrected chi connectivity index (χ1v) is 11.2. The zero-order valence-electron chi connectivity index (χ0n) is 17.3. The summed E-state index contributed by atoms with van der Waals surface area (Å²) >= 11 is 6.17. The number of Topliss-reactive ketones (excluding diaryl/α,β-unsaturated/α-hetero) is 2. The van der Waals surface area contributed by atoms with Gasteiger partial charge in [-0.2, -0.15) is 0 Å². The van der Waals surface area contributed by atoms with Crippen molar-refractivity contribution in [2.24, 2.45) is 11.3 Å². The minimum Gasteiger partial charge on any atom is -0.495 e. The van der Waals surface area contributed by atoms with Gasteiger partial charge in [-0.1, -0.05) is 24.4 Å². The summed E-state index contributed by atoms with van der Waals surface area (Å²) in [6, 6.07) is 5.70. The van der Waals surface area contributed by atoms with Crippen LogP contribution in [0.2, 0.25) is 5.02 Å². The zero-order chi connectivity index (χ0) is 20.4. The number of halogens is 1. The van der Waals surface area contributed by atoms with Crippen molar-refractivity contribution < 1.29 is 14.3 Å². The molecule has 4 rings (SSSR count). The lowest BCUT2D eigenvalue weighted by atomic mass is 9.67. The van der Waals surface area contributed by atoms with Gasteiger partial charge in [0.1, 0.15) is 17.3 Å². The van der Waals surface area contributed by atoms with Gasteiger partial charge < -0.3 is 9.64 Å². The van der Waals surface area contributed by atoms with Crippen LogP contribution in [0.4, 0.5) is 5.69 Å². The van der Waals surface area contributed by atoms with E-state index in [-0.39, 0.29) is 22.9 Å². The van der Waals surface area contributed by atoms with E-state index in [1.165, 1.54) is 12.8 Å². The third-order valence-corrected chi connectivity index (χ3v) is 7.36. The van der Waals surface area contributed by atoms with Crippen LogP contribution in [0.5, 0.6) is 5.75 Å². The van der Waals surface area contributed by atoms with E-state index in [9.17, 15) is 9.59 Å². The number of hydrogen-bond acceptors (Lipinski definition) is 5. The van der Waals surface area contributed by atoms with E-state index in [0.29, 0.717) is 24.3 Å². The van der Waals surface area contributed by atoms with Crippen molar-refractivity contribution in [2.75, 3.05) is 44.7 Å². The molecule has 29 heavy (non-hydrogen) atoms. The van der Waals surface area contributed by atoms with Gasteiger partial charge in [-0.05, 0) is 49.4 Å². The number of methoxy groups -OCH3 is 1. The molecule has 5 nitrogen and oxygen atoms in total. The molecule has 0 aromatic heterocycles. The molecule has 158 valence electrons. The van der Waals surface area contributed by atoms with E-state index >= 15 is 0 Å². The number of piperazine rings is 1. The van der Waals surface area contributed by atoms with Crippen LogP contribution >= 0.6 is 11.6 Å². The Morgan fingerprint density at radius 3 is 2.34 bits per heavy atom. The molecule has 0 bridgehead atoms. The van der Waals surface area contributed by atoms with Crippen molar-refractivity contribution in [1.82, 2.24) is 4.90 Å². The van der Waals surface area contributed by atoms with Crippen molar-refractivity contribution in [3.05, 3.63) is 23.2 Å². The lowest BCUT2D eigenvalue weighted by molar-refractivity contribution is -0.140. The summed E-state index contributed by atoms with van der Waals surface area (Å²) in [5.74, 6) is 0.866. The molecule has 3 fully saturated rings. The fourth-order valence-corrected chi connectivity index (χ4v) is 5.63. The van der Waals surface area contributed by atoms with Gasteiger partial charge in [-0.3, -0.25) is 14.5 Å². The highest BCUT2D eigenvalue weighted by Gasteiger charge is 2.45. The molecule has 1 saturated heterocycles. The highest BCUT2D eigenvalue weighted by molar-refractivity contribution is 6.30. The van der Waals surface area contributed by atoms with E-state index in [1.54, 1.807) is 7.11 Å². The summed E-state index contributed by atoms with van der Waals surface area (Å²) in [7, 11) is 1.68. The van der Waals surface area contributed by atoms with Crippen molar-refractivity contribution >= 4 is 28.9 Å². The molecule has 0 N–H and O–H groups in total. The van der Waals surface area contributed by atoms with Gasteiger partial charge in [0.2, 0.25) is 0 Å². The molecule has 3 aliphatic rings. The minimum atomic E-state index is -0.368. The number of hydrogen-bond donors (Lipinski definition) is 0. The van der Waals surface area contributed by atoms with Crippen LogP contribution < -0.4 is 9.64 Å². The second-order valence-electron chi connectivity index (χ2n) is 8.98. The van der Waals surface area contributed by atoms with Crippen LogP contribution in [0.1, 0.15) is 44.9 Å². The molecular formula is C23H31ClN2O3. The maximum Gasteiger partial charge on any atom is 0.143 e. The molecule has 1 aromatic carbocycles. The van der Waals surface area contributed by atoms with Crippen LogP contribution in [-0.2, 0) is 9.59 Å². The third kappa shape index (κ3) is 4.46. The monoisotopic (exact) mass is 418 g/mol. The number of nitrogens with zero attached hydrogens (tertiary/aromatic N) is 2. The Bertz CT molecular complexity index is 747. The van der Waals surface area contributed by atoms with Gasteiger partial charge in [0.25, 0.3) is 0 Å². The second-order valence-corrected chi connectivity index (χ2v) is 9.42. The first kappa shape index (κ1) is 20.7. The number of carbonyl (C=O) groups is 2. The topological polar surface area (TPSA) is 49.9 Å². The minimum absolute atomic E-state index is 0.0201. The summed E-state index contributed by atoms with van der Waals surface area (Å²) in [5.41, 5.74) is 1.05. The maximum atomic E-state index is 12.7. The molecule has 2 aliphatic carbocycles. The van der Waals surface area contributed by atoms with E-state index in [1.807, 2.05) is 18.2 Å². The van der Waals surface area contributed by atoms with Gasteiger partial charge in [0, 0.05) is 44.0 Å². The van der Waals surface area contributed by atoms with Gasteiger partial charge in [0.15, 0.2) is 0 Å². The van der Waals surface area contributed by atoms with Crippen molar-refractivity contribution in [3.8, 4) is 5.75 Å². The average Bonchev–Trinajstić information content (AvgIpc) is 3.15. The first-order chi connectivity index (χ1) is 14.0. The van der Waals surface area contributed by atoms with Gasteiger partial charge in [-0.25, -0.2) is 0 Å². The van der Waals surface area contributed by atoms with Crippen LogP contribution in [0.15, 0.2) is 18.2 Å². The number of ether oxygens (including phenoxy) is 1. The number of ketones is 2. The molecule has 1 aliphatic heterocycles. The highest BCUT2D eigenvalue weighted by atomic mass is 35.5. The standard InChI is InChI=1S/C23H31ClN2O3/c1-29-22-5-4-17(24)14-19(22)26-12-10-25(11-13-26)9-6-18-20(27)15-23(16-21(18)28)7-2-3-8-23/h4-5,14,18H,2-3,6-13,15-16H2,1H3. The molecule has 0 amide bonds. The largest absolute Gasteiger partial charge is 0.495 e. The Labute approximate surface area is 178 Å². The molecule has 2 saturated carbocycles. The fraction of sp³-hybridized carbons (Fsp3) is 0.652. The fourth-order valence-electron chi connectivity index (χ4n) is 5.46. The summed E-state index contributed by atoms with van der Waals surface area (Å²) in [6.07, 6.45) is 6.41. The van der Waals surface area contributed by atoms with E-state index in [4.69, 9.17) is 16.3 Å². The Morgan fingerprint density at radius 1 is 1.07 bits per heavy atom. The van der Waals surface area contributed by atoms with Crippen LogP contribution in [0.25, 0.3) is 0 Å². The third-order valence-electron chi connectivity index (χ3n) is 7.13. The van der Waals surface area contributed by atoms with Crippen molar-refractivity contribution in [2.45, 2.75) is 44.9 Å². The molecule has 1 aromatic rings. The lowest BCUT2D eigenvalue weighted by Gasteiger charge is -2.38. The molecule has 0 radical (unpaired) electrons. The SMILES string of the molecule is COc1ccc(Cl)cc1N1CCN(CCC2C(=O)CC3(CCCC3)CC2=O)CC1. The number of rotatable bonds is 5. The quantitative estimate of drug-likeness (QED) is 0.677. The Morgan fingerprint density at radius 2 is 1.72 bits per heavy atom. The van der Waals surface area contributed by atoms with E-state index < -0.39 is 0 Å². The Hall–Kier alpha value is -1.59. The second kappa shape index (κ2) is 8.65. The summed E-state index contributed by atoms with van der Waals surface area (Å²) in [4.78, 5) is 30.1. The van der Waals surface area contributed by atoms with E-state index in [0.717, 1.165) is 57.0 Å². The molecule has 0 unspecified atom stereocenters. The smallest absolute Gasteiger partial charge is 0.143 e. The van der Waals surface area contributed by atoms with Gasteiger partial charge in [-0.15, -0.1) is 0 Å². The number of benzene rings is 1. The summed E-state index contributed by atoms with van der Waals surface area (Å²) in [6.45, 7) is 4.40. The average molecular weight is 419 g/mol. The van der Waals surface area contributed by atoms with Gasteiger partial charge in [0.05, 0.1) is 18.7 Å². The predicted molar refractivity (Wildman–Crippen MR) is 115 cm³/mol. The summed E-state index contributed by atoms with van der Waals surface area (Å²) in [5, 5.41) is 0.706. The lowest BCUT2D eigenvalue weighted by Crippen LogP contribution is -2.48. The van der Waals surface area contributed by atoms with Crippen LogP contribution in [-0.4, -0.2) is 56.3 Å². The summed E-state index contributed by atoms with van der Waals surface area (Å²) < 4.78 is 5.48. The van der Waals surface area contributed by atoms with E-state index in [2.05, 4.69) is 9.80 Å². The Kier molecular flexibility index (Phi) is 6.16. The first-order valence-electron chi connectivity index (χ1n) is 10.9. The Balaban J connectivity index is 1.29. The normalized spacial score (nSPS) is 23.2. The van der Waals surface area contributed by atoms with Crippen LogP contribution in [0, 0.1) is 11.3 Å². The molecule has 1 spiro atoms. The maximum absolute atomic E-state index is 12.7. The molecule has 0 atom stereocenters. The predicted octanol–water partition coefficient (Wildman–Crippen LogP) is 3.97. The molecule has 1 heterocycles. The zero-order valence-corrected chi connectivity index (χ0v) is 18.0. The van der Waals surface area contributed by atoms with Crippen LogP contribution in [0.3, 0.4) is 0 Å². The van der Waals surface area contributed by atoms with Crippen molar-refractivity contribution in [1.29, 1.82) is 0 Å². The number of anilines is 1. The highest BCUT2D eigenvalue weighted by Crippen LogP contribution is 2.48. The molecular weight excluding hydrogens is 388 g/mol. The van der Waals surface area contributed by atoms with Crippen molar-refractivity contribution in [3.63, 3.8) is 0 Å².